The van der Waals surface area contributed by atoms with Crippen molar-refractivity contribution in [3.05, 3.63) is 77.1 Å². The zero-order valence-electron chi connectivity index (χ0n) is 19.3. The second kappa shape index (κ2) is 9.38. The van der Waals surface area contributed by atoms with Crippen molar-refractivity contribution in [2.45, 2.75) is 23.1 Å². The Morgan fingerprint density at radius 3 is 2.26 bits per heavy atom. The number of nitrogens with zero attached hydrogens (tertiary/aromatic N) is 4. The van der Waals surface area contributed by atoms with Crippen LogP contribution in [0.1, 0.15) is 17.9 Å². The number of imidazole rings is 1. The molecule has 0 amide bonds. The van der Waals surface area contributed by atoms with E-state index in [9.17, 15) is 21.2 Å². The minimum atomic E-state index is -3.99. The van der Waals surface area contributed by atoms with Gasteiger partial charge in [0.05, 0.1) is 21.2 Å². The number of aromatic nitrogens is 2. The highest BCUT2D eigenvalue weighted by Crippen LogP contribution is 2.29. The minimum absolute atomic E-state index is 0.00136. The Morgan fingerprint density at radius 1 is 1.03 bits per heavy atom. The van der Waals surface area contributed by atoms with Gasteiger partial charge in [-0.25, -0.2) is 34.5 Å². The van der Waals surface area contributed by atoms with E-state index >= 15 is 0 Å². The zero-order valence-corrected chi connectivity index (χ0v) is 21.7. The Morgan fingerprint density at radius 2 is 1.69 bits per heavy atom. The van der Waals surface area contributed by atoms with Crippen LogP contribution in [-0.4, -0.2) is 57.3 Å². The smallest absolute Gasteiger partial charge is 0.269 e. The summed E-state index contributed by atoms with van der Waals surface area (Å²) in [6.45, 7) is 2.56. The molecule has 0 saturated carbocycles. The molecular weight excluding hydrogens is 515 g/mol. The van der Waals surface area contributed by atoms with E-state index in [1.54, 1.807) is 19.1 Å². The molecule has 0 fully saturated rings. The first kappa shape index (κ1) is 25.4. The van der Waals surface area contributed by atoms with Crippen molar-refractivity contribution in [1.29, 1.82) is 0 Å². The van der Waals surface area contributed by atoms with Crippen LogP contribution >= 0.6 is 11.6 Å². The molecule has 3 aromatic rings. The number of benzene rings is 2. The molecule has 1 aliphatic heterocycles. The highest BCUT2D eigenvalue weighted by molar-refractivity contribution is 7.90. The molecule has 2 aromatic carbocycles. The van der Waals surface area contributed by atoms with Crippen LogP contribution in [0.3, 0.4) is 0 Å². The number of hydrogen-bond donors (Lipinski definition) is 0. The minimum Gasteiger partial charge on any atom is -0.365 e. The first-order chi connectivity index (χ1) is 16.4. The lowest BCUT2D eigenvalue weighted by atomic mass is 10.0. The summed E-state index contributed by atoms with van der Waals surface area (Å²) in [5.41, 5.74) is 1.84. The number of hydrogen-bond acceptors (Lipinski definition) is 6. The van der Waals surface area contributed by atoms with Gasteiger partial charge in [-0.1, -0.05) is 17.7 Å². The second-order valence-electron chi connectivity index (χ2n) is 8.25. The molecule has 186 valence electrons. The predicted octanol–water partition coefficient (Wildman–Crippen LogP) is 3.77. The Bertz CT molecular complexity index is 1520. The van der Waals surface area contributed by atoms with Gasteiger partial charge in [0.25, 0.3) is 10.0 Å². The monoisotopic (exact) mass is 538 g/mol. The van der Waals surface area contributed by atoms with Crippen molar-refractivity contribution in [2.24, 2.45) is 0 Å². The topological polar surface area (TPSA) is 92.6 Å². The van der Waals surface area contributed by atoms with Gasteiger partial charge >= 0.3 is 0 Å². The molecule has 1 aromatic heterocycles. The molecule has 0 spiro atoms. The average Bonchev–Trinajstić information content (AvgIpc) is 3.21. The van der Waals surface area contributed by atoms with Crippen molar-refractivity contribution in [1.82, 2.24) is 13.3 Å². The maximum Gasteiger partial charge on any atom is 0.269 e. The molecule has 8 nitrogen and oxygen atoms in total. The Labute approximate surface area is 209 Å². The zero-order chi connectivity index (χ0) is 25.5. The van der Waals surface area contributed by atoms with Crippen molar-refractivity contribution < 1.29 is 21.2 Å². The molecule has 12 heteroatoms. The molecule has 0 N–H and O–H groups in total. The molecule has 2 heterocycles. The van der Waals surface area contributed by atoms with Gasteiger partial charge in [0.15, 0.2) is 0 Å². The molecule has 35 heavy (non-hydrogen) atoms. The third-order valence-corrected chi connectivity index (χ3v) is 9.61. The molecule has 0 unspecified atom stereocenters. The molecule has 4 rings (SSSR count). The van der Waals surface area contributed by atoms with Crippen molar-refractivity contribution in [3.63, 3.8) is 0 Å². The number of aryl methyl sites for hydroxylation is 1. The van der Waals surface area contributed by atoms with E-state index in [1.807, 2.05) is 11.0 Å². The second-order valence-corrected chi connectivity index (χ2v) is 12.7. The van der Waals surface area contributed by atoms with E-state index in [0.717, 1.165) is 13.9 Å². The predicted molar refractivity (Wildman–Crippen MR) is 133 cm³/mol. The van der Waals surface area contributed by atoms with Crippen LogP contribution in [0.2, 0.25) is 5.02 Å². The molecule has 0 aliphatic carbocycles. The summed E-state index contributed by atoms with van der Waals surface area (Å²) in [5.74, 6) is -0.123. The summed E-state index contributed by atoms with van der Waals surface area (Å²) in [6.07, 6.45) is 3.91. The first-order valence-corrected chi connectivity index (χ1v) is 13.9. The van der Waals surface area contributed by atoms with Gasteiger partial charge in [0.1, 0.15) is 11.6 Å². The van der Waals surface area contributed by atoms with Crippen molar-refractivity contribution >= 4 is 42.9 Å². The number of sulfonamides is 1. The van der Waals surface area contributed by atoms with Gasteiger partial charge in [-0.3, -0.25) is 0 Å². The molecule has 1 aliphatic rings. The van der Waals surface area contributed by atoms with Crippen LogP contribution in [0, 0.1) is 12.7 Å². The molecular formula is C23H24ClFN4O4S2. The Kier molecular flexibility index (Phi) is 6.80. The molecule has 0 bridgehead atoms. The highest BCUT2D eigenvalue weighted by Gasteiger charge is 2.25. The van der Waals surface area contributed by atoms with E-state index in [1.165, 1.54) is 50.6 Å². The molecule has 0 atom stereocenters. The summed E-state index contributed by atoms with van der Waals surface area (Å²) < 4.78 is 67.4. The van der Waals surface area contributed by atoms with Crippen LogP contribution in [0.5, 0.6) is 0 Å². The standard InChI is InChI=1S/C23H24ClFN4O4S2/c1-16-26-22(17-10-12-28(13-11-17)23-9-4-18(24)14-21(23)25)15-29(16)35(32,33)20-7-5-19(6-8-20)34(30,31)27(2)3/h4-10,14-15H,11-13H2,1-3H3. The maximum absolute atomic E-state index is 14.3. The fourth-order valence-corrected chi connectivity index (χ4v) is 6.22. The largest absolute Gasteiger partial charge is 0.365 e. The van der Waals surface area contributed by atoms with Gasteiger partial charge in [0.2, 0.25) is 10.0 Å². The highest BCUT2D eigenvalue weighted by atomic mass is 35.5. The van der Waals surface area contributed by atoms with Crippen LogP contribution < -0.4 is 4.90 Å². The summed E-state index contributed by atoms with van der Waals surface area (Å²) in [4.78, 5) is 6.26. The van der Waals surface area contributed by atoms with Crippen LogP contribution in [0.25, 0.3) is 5.57 Å². The van der Waals surface area contributed by atoms with Gasteiger partial charge < -0.3 is 4.90 Å². The van der Waals surface area contributed by atoms with Gasteiger partial charge in [-0.15, -0.1) is 0 Å². The summed E-state index contributed by atoms with van der Waals surface area (Å²) in [5, 5.41) is 0.329. The third kappa shape index (κ3) is 4.86. The lowest BCUT2D eigenvalue weighted by Gasteiger charge is -2.28. The summed E-state index contributed by atoms with van der Waals surface area (Å²) >= 11 is 5.84. The number of halogens is 2. The fraction of sp³-hybridized carbons (Fsp3) is 0.261. The van der Waals surface area contributed by atoms with E-state index in [4.69, 9.17) is 11.6 Å². The maximum atomic E-state index is 14.3. The Balaban J connectivity index is 1.58. The van der Waals surface area contributed by atoms with Gasteiger partial charge in [-0.2, -0.15) is 0 Å². The SMILES string of the molecule is Cc1nc(C2=CCN(c3ccc(Cl)cc3F)CC2)cn1S(=O)(=O)c1ccc(S(=O)(=O)N(C)C)cc1. The third-order valence-electron chi connectivity index (χ3n) is 5.79. The summed E-state index contributed by atoms with van der Waals surface area (Å²) in [6, 6.07) is 9.61. The molecule has 0 radical (unpaired) electrons. The van der Waals surface area contributed by atoms with Crippen molar-refractivity contribution in [3.8, 4) is 0 Å². The van der Waals surface area contributed by atoms with Crippen LogP contribution in [0.4, 0.5) is 10.1 Å². The Hall–Kier alpha value is -2.73. The van der Waals surface area contributed by atoms with Crippen LogP contribution in [0.15, 0.2) is 64.5 Å². The first-order valence-electron chi connectivity index (χ1n) is 10.6. The average molecular weight is 539 g/mol. The quantitative estimate of drug-likeness (QED) is 0.474. The van der Waals surface area contributed by atoms with Crippen LogP contribution in [-0.2, 0) is 20.0 Å². The van der Waals surface area contributed by atoms with E-state index in [2.05, 4.69) is 4.98 Å². The normalized spacial score (nSPS) is 14.9. The molecule has 0 saturated heterocycles. The fourth-order valence-electron chi connectivity index (χ4n) is 3.82. The van der Waals surface area contributed by atoms with Gasteiger partial charge in [0, 0.05) is 38.4 Å². The lowest BCUT2D eigenvalue weighted by Crippen LogP contribution is -2.29. The lowest BCUT2D eigenvalue weighted by molar-refractivity contribution is 0.520. The van der Waals surface area contributed by atoms with Gasteiger partial charge in [-0.05, 0) is 61.4 Å². The van der Waals surface area contributed by atoms with E-state index < -0.39 is 25.9 Å². The summed E-state index contributed by atoms with van der Waals surface area (Å²) in [7, 11) is -4.85. The van der Waals surface area contributed by atoms with Crippen molar-refractivity contribution in [2.75, 3.05) is 32.1 Å². The number of rotatable bonds is 6. The van der Waals surface area contributed by atoms with E-state index in [0.29, 0.717) is 35.9 Å². The number of anilines is 1. The van der Waals surface area contributed by atoms with E-state index in [-0.39, 0.29) is 15.6 Å².